The molecule has 6 nitrogen and oxygen atoms in total. The number of hydrogen-bond donors (Lipinski definition) is 1. The molecule has 0 bridgehead atoms. The molecular weight excluding hydrogens is 372 g/mol. The van der Waals surface area contributed by atoms with Crippen molar-refractivity contribution in [2.75, 3.05) is 5.32 Å². The summed E-state index contributed by atoms with van der Waals surface area (Å²) in [4.78, 5) is 33.8. The van der Waals surface area contributed by atoms with Crippen LogP contribution in [0.15, 0.2) is 73.2 Å². The second kappa shape index (κ2) is 7.58. The van der Waals surface area contributed by atoms with Crippen LogP contribution >= 0.6 is 11.3 Å². The third-order valence-corrected chi connectivity index (χ3v) is 5.22. The lowest BCUT2D eigenvalue weighted by Crippen LogP contribution is -2.11. The first kappa shape index (κ1) is 17.8. The zero-order chi connectivity index (χ0) is 19.5. The monoisotopic (exact) mass is 388 g/mol. The molecule has 28 heavy (non-hydrogen) atoms. The van der Waals surface area contributed by atoms with Crippen LogP contribution < -0.4 is 5.32 Å². The van der Waals surface area contributed by atoms with Gasteiger partial charge in [-0.2, -0.15) is 0 Å². The molecule has 0 fully saturated rings. The van der Waals surface area contributed by atoms with E-state index in [9.17, 15) is 9.59 Å². The van der Waals surface area contributed by atoms with Crippen molar-refractivity contribution in [2.24, 2.45) is 7.05 Å². The Labute approximate surface area is 165 Å². The molecule has 1 N–H and O–H groups in total. The third-order valence-electron chi connectivity index (χ3n) is 4.18. The maximum Gasteiger partial charge on any atom is 0.267 e. The molecule has 138 valence electrons. The molecule has 2 aromatic heterocycles. The van der Waals surface area contributed by atoms with Gasteiger partial charge in [-0.15, -0.1) is 11.3 Å². The van der Waals surface area contributed by atoms with Crippen molar-refractivity contribution >= 4 is 28.7 Å². The summed E-state index contributed by atoms with van der Waals surface area (Å²) in [5.41, 5.74) is 2.09. The number of hydrogen-bond acceptors (Lipinski definition) is 5. The minimum Gasteiger partial charge on any atom is -0.331 e. The molecule has 0 aliphatic heterocycles. The minimum atomic E-state index is -0.233. The van der Waals surface area contributed by atoms with E-state index in [1.807, 2.05) is 30.3 Å². The van der Waals surface area contributed by atoms with Crippen LogP contribution in [0.3, 0.4) is 0 Å². The van der Waals surface area contributed by atoms with Gasteiger partial charge in [0.2, 0.25) is 5.78 Å². The number of thiazole rings is 1. The largest absolute Gasteiger partial charge is 0.331 e. The predicted octanol–water partition coefficient (Wildman–Crippen LogP) is 4.03. The van der Waals surface area contributed by atoms with Crippen LogP contribution in [0.1, 0.15) is 25.9 Å². The third kappa shape index (κ3) is 3.60. The number of ketones is 1. The van der Waals surface area contributed by atoms with Gasteiger partial charge in [-0.05, 0) is 24.3 Å². The number of rotatable bonds is 5. The molecular formula is C21H16N4O2S. The van der Waals surface area contributed by atoms with E-state index < -0.39 is 0 Å². The number of amides is 1. The summed E-state index contributed by atoms with van der Waals surface area (Å²) < 4.78 is 1.67. The Bertz CT molecular complexity index is 1130. The Kier molecular flexibility index (Phi) is 4.82. The summed E-state index contributed by atoms with van der Waals surface area (Å²) in [5.74, 6) is -0.0296. The number of nitrogens with one attached hydrogen (secondary N) is 1. The first-order valence-corrected chi connectivity index (χ1v) is 9.38. The van der Waals surface area contributed by atoms with Crippen molar-refractivity contribution in [1.82, 2.24) is 14.5 Å². The van der Waals surface area contributed by atoms with E-state index in [1.165, 1.54) is 11.3 Å². The minimum absolute atomic E-state index is 0.166. The van der Waals surface area contributed by atoms with E-state index in [-0.39, 0.29) is 11.7 Å². The Hall–Kier alpha value is -3.58. The first-order valence-electron chi connectivity index (χ1n) is 8.56. The number of carbonyl (C=O) groups excluding carboxylic acids is 2. The molecule has 4 aromatic rings. The average molecular weight is 388 g/mol. The normalized spacial score (nSPS) is 10.6. The Morgan fingerprint density at radius 1 is 1.00 bits per heavy atom. The van der Waals surface area contributed by atoms with E-state index in [2.05, 4.69) is 15.3 Å². The Morgan fingerprint density at radius 2 is 1.75 bits per heavy atom. The first-order chi connectivity index (χ1) is 13.6. The second-order valence-electron chi connectivity index (χ2n) is 6.12. The lowest BCUT2D eigenvalue weighted by atomic mass is 10.1. The van der Waals surface area contributed by atoms with E-state index >= 15 is 0 Å². The van der Waals surface area contributed by atoms with Crippen LogP contribution in [0.5, 0.6) is 0 Å². The highest BCUT2D eigenvalue weighted by atomic mass is 32.1. The molecule has 2 heterocycles. The van der Waals surface area contributed by atoms with Crippen LogP contribution in [0.2, 0.25) is 0 Å². The fraction of sp³-hybridized carbons (Fsp3) is 0.0476. The van der Waals surface area contributed by atoms with Crippen molar-refractivity contribution in [2.45, 2.75) is 0 Å². The van der Waals surface area contributed by atoms with Gasteiger partial charge in [-0.25, -0.2) is 9.97 Å². The topological polar surface area (TPSA) is 76.9 Å². The molecule has 0 aliphatic carbocycles. The lowest BCUT2D eigenvalue weighted by molar-refractivity contribution is 0.102. The SMILES string of the molecule is Cn1ccnc1C(=O)c1ccc(NC(=O)c2cnc(-c3ccccc3)s2)cc1. The van der Waals surface area contributed by atoms with E-state index in [1.54, 1.807) is 54.5 Å². The quantitative estimate of drug-likeness (QED) is 0.524. The number of anilines is 1. The zero-order valence-corrected chi connectivity index (χ0v) is 15.8. The van der Waals surface area contributed by atoms with Crippen LogP contribution in [-0.2, 0) is 7.05 Å². The molecule has 7 heteroatoms. The van der Waals surface area contributed by atoms with Crippen molar-refractivity contribution in [3.63, 3.8) is 0 Å². The van der Waals surface area contributed by atoms with Gasteiger partial charge < -0.3 is 9.88 Å². The number of imidazole rings is 1. The summed E-state index contributed by atoms with van der Waals surface area (Å²) in [5, 5.41) is 3.63. The maximum atomic E-state index is 12.5. The fourth-order valence-electron chi connectivity index (χ4n) is 2.70. The molecule has 1 amide bonds. The molecule has 2 aromatic carbocycles. The standard InChI is InChI=1S/C21H16N4O2S/c1-25-12-11-22-19(25)18(26)14-7-9-16(10-8-14)24-20(27)17-13-23-21(28-17)15-5-3-2-4-6-15/h2-13H,1H3,(H,24,27). The predicted molar refractivity (Wildman–Crippen MR) is 109 cm³/mol. The summed E-state index contributed by atoms with van der Waals surface area (Å²) >= 11 is 1.33. The van der Waals surface area contributed by atoms with Gasteiger partial charge in [0.05, 0.1) is 6.20 Å². The smallest absolute Gasteiger partial charge is 0.267 e. The molecule has 0 saturated heterocycles. The highest BCUT2D eigenvalue weighted by Crippen LogP contribution is 2.25. The molecule has 0 saturated carbocycles. The van der Waals surface area contributed by atoms with Crippen molar-refractivity contribution < 1.29 is 9.59 Å². The van der Waals surface area contributed by atoms with E-state index in [0.717, 1.165) is 10.6 Å². The molecule has 0 atom stereocenters. The van der Waals surface area contributed by atoms with Crippen LogP contribution in [-0.4, -0.2) is 26.2 Å². The molecule has 0 spiro atoms. The molecule has 0 radical (unpaired) electrons. The van der Waals surface area contributed by atoms with Crippen molar-refractivity contribution in [1.29, 1.82) is 0 Å². The molecule has 4 rings (SSSR count). The van der Waals surface area contributed by atoms with Gasteiger partial charge in [0.1, 0.15) is 9.88 Å². The summed E-state index contributed by atoms with van der Waals surface area (Å²) in [6.45, 7) is 0. The number of benzene rings is 2. The maximum absolute atomic E-state index is 12.5. The summed E-state index contributed by atoms with van der Waals surface area (Å²) in [7, 11) is 1.77. The van der Waals surface area contributed by atoms with Gasteiger partial charge >= 0.3 is 0 Å². The van der Waals surface area contributed by atoms with Crippen molar-refractivity contribution in [3.05, 3.63) is 89.5 Å². The van der Waals surface area contributed by atoms with Gasteiger partial charge in [0.15, 0.2) is 5.82 Å². The highest BCUT2D eigenvalue weighted by molar-refractivity contribution is 7.17. The van der Waals surface area contributed by atoms with Crippen molar-refractivity contribution in [3.8, 4) is 10.6 Å². The van der Waals surface area contributed by atoms with Gasteiger partial charge in [0.25, 0.3) is 5.91 Å². The van der Waals surface area contributed by atoms with Crippen LogP contribution in [0.25, 0.3) is 10.6 Å². The molecule has 0 aliphatic rings. The second-order valence-corrected chi connectivity index (χ2v) is 7.15. The fourth-order valence-corrected chi connectivity index (χ4v) is 3.52. The molecule has 0 unspecified atom stereocenters. The van der Waals surface area contributed by atoms with Gasteiger partial charge in [-0.3, -0.25) is 9.59 Å². The van der Waals surface area contributed by atoms with Crippen LogP contribution in [0, 0.1) is 0 Å². The van der Waals surface area contributed by atoms with E-state index in [4.69, 9.17) is 0 Å². The van der Waals surface area contributed by atoms with Gasteiger partial charge in [-0.1, -0.05) is 30.3 Å². The number of aromatic nitrogens is 3. The zero-order valence-electron chi connectivity index (χ0n) is 15.0. The van der Waals surface area contributed by atoms with Gasteiger partial charge in [0, 0.05) is 36.3 Å². The number of carbonyl (C=O) groups is 2. The average Bonchev–Trinajstić information content (AvgIpc) is 3.38. The van der Waals surface area contributed by atoms with Crippen LogP contribution in [0.4, 0.5) is 5.69 Å². The number of nitrogens with zero attached hydrogens (tertiary/aromatic N) is 3. The Balaban J connectivity index is 1.46. The highest BCUT2D eigenvalue weighted by Gasteiger charge is 2.15. The Morgan fingerprint density at radius 3 is 2.43 bits per heavy atom. The van der Waals surface area contributed by atoms with E-state index in [0.29, 0.717) is 22.0 Å². The lowest BCUT2D eigenvalue weighted by Gasteiger charge is -2.05. The summed E-state index contributed by atoms with van der Waals surface area (Å²) in [6.07, 6.45) is 4.88. The number of aryl methyl sites for hydroxylation is 1. The summed E-state index contributed by atoms with van der Waals surface area (Å²) in [6, 6.07) is 16.5.